The average Bonchev–Trinajstić information content (AvgIpc) is 2.38. The molecule has 0 aliphatic heterocycles. The zero-order valence-corrected chi connectivity index (χ0v) is 11.5. The second-order valence-corrected chi connectivity index (χ2v) is 4.76. The first-order valence-electron chi connectivity index (χ1n) is 6.03. The van der Waals surface area contributed by atoms with Crippen LogP contribution in [0.5, 0.6) is 5.75 Å². The first kappa shape index (κ1) is 14.3. The van der Waals surface area contributed by atoms with E-state index in [2.05, 4.69) is 5.32 Å². The van der Waals surface area contributed by atoms with E-state index in [4.69, 9.17) is 11.6 Å². The molecule has 0 saturated carbocycles. The molecule has 0 aliphatic carbocycles. The van der Waals surface area contributed by atoms with Gasteiger partial charge in [0.2, 0.25) is 0 Å². The van der Waals surface area contributed by atoms with Crippen molar-refractivity contribution in [3.05, 3.63) is 64.4 Å². The summed E-state index contributed by atoms with van der Waals surface area (Å²) in [6, 6.07) is 10.4. The molecule has 2 N–H and O–H groups in total. The SMILES string of the molecule is CC(NC(=O)c1c(O)cccc1F)c1ccccc1Cl. The Hall–Kier alpha value is -2.07. The van der Waals surface area contributed by atoms with Crippen LogP contribution in [0.2, 0.25) is 5.02 Å². The lowest BCUT2D eigenvalue weighted by Crippen LogP contribution is -2.27. The van der Waals surface area contributed by atoms with E-state index in [0.29, 0.717) is 5.02 Å². The minimum absolute atomic E-state index is 0.369. The second kappa shape index (κ2) is 5.92. The van der Waals surface area contributed by atoms with Crippen LogP contribution in [0.4, 0.5) is 4.39 Å². The lowest BCUT2D eigenvalue weighted by molar-refractivity contribution is 0.0933. The van der Waals surface area contributed by atoms with Crippen molar-refractivity contribution in [2.24, 2.45) is 0 Å². The fraction of sp³-hybridized carbons (Fsp3) is 0.133. The first-order chi connectivity index (χ1) is 9.50. The van der Waals surface area contributed by atoms with E-state index >= 15 is 0 Å². The number of aromatic hydroxyl groups is 1. The molecule has 0 radical (unpaired) electrons. The fourth-order valence-corrected chi connectivity index (χ4v) is 2.21. The third kappa shape index (κ3) is 2.91. The van der Waals surface area contributed by atoms with Gasteiger partial charge in [-0.05, 0) is 30.7 Å². The molecule has 0 spiro atoms. The van der Waals surface area contributed by atoms with Crippen LogP contribution in [0, 0.1) is 5.82 Å². The van der Waals surface area contributed by atoms with Crippen LogP contribution in [0.25, 0.3) is 0 Å². The molecule has 0 aromatic heterocycles. The summed E-state index contributed by atoms with van der Waals surface area (Å²) in [6.45, 7) is 1.73. The molecule has 1 amide bonds. The van der Waals surface area contributed by atoms with Gasteiger partial charge in [-0.25, -0.2) is 4.39 Å². The Morgan fingerprint density at radius 3 is 2.60 bits per heavy atom. The van der Waals surface area contributed by atoms with Crippen molar-refractivity contribution in [3.8, 4) is 5.75 Å². The third-order valence-corrected chi connectivity index (χ3v) is 3.28. The van der Waals surface area contributed by atoms with Crippen LogP contribution in [0.3, 0.4) is 0 Å². The van der Waals surface area contributed by atoms with Gasteiger partial charge in [0.15, 0.2) is 0 Å². The minimum atomic E-state index is -0.770. The Morgan fingerprint density at radius 1 is 1.25 bits per heavy atom. The summed E-state index contributed by atoms with van der Waals surface area (Å²) in [6.07, 6.45) is 0. The third-order valence-electron chi connectivity index (χ3n) is 2.94. The summed E-state index contributed by atoms with van der Waals surface area (Å²) >= 11 is 6.04. The molecule has 3 nitrogen and oxygen atoms in total. The monoisotopic (exact) mass is 293 g/mol. The number of halogens is 2. The quantitative estimate of drug-likeness (QED) is 0.907. The average molecular weight is 294 g/mol. The van der Waals surface area contributed by atoms with Gasteiger partial charge in [-0.15, -0.1) is 0 Å². The Kier molecular flexibility index (Phi) is 4.25. The Morgan fingerprint density at radius 2 is 1.95 bits per heavy atom. The normalized spacial score (nSPS) is 11.9. The van der Waals surface area contributed by atoms with Crippen LogP contribution in [-0.4, -0.2) is 11.0 Å². The number of hydrogen-bond donors (Lipinski definition) is 2. The van der Waals surface area contributed by atoms with E-state index in [0.717, 1.165) is 11.6 Å². The number of hydrogen-bond acceptors (Lipinski definition) is 2. The number of phenolic OH excluding ortho intramolecular Hbond substituents is 1. The second-order valence-electron chi connectivity index (χ2n) is 4.35. The summed E-state index contributed by atoms with van der Waals surface area (Å²) in [7, 11) is 0. The van der Waals surface area contributed by atoms with E-state index in [1.54, 1.807) is 31.2 Å². The summed E-state index contributed by atoms with van der Waals surface area (Å²) in [5.41, 5.74) is 0.352. The lowest BCUT2D eigenvalue weighted by atomic mass is 10.1. The number of carbonyl (C=O) groups excluding carboxylic acids is 1. The van der Waals surface area contributed by atoms with Crippen molar-refractivity contribution in [2.45, 2.75) is 13.0 Å². The highest BCUT2D eigenvalue weighted by Gasteiger charge is 2.19. The molecule has 0 bridgehead atoms. The summed E-state index contributed by atoms with van der Waals surface area (Å²) in [5, 5.41) is 12.7. The van der Waals surface area contributed by atoms with Crippen molar-refractivity contribution in [2.75, 3.05) is 0 Å². The molecule has 1 atom stereocenters. The van der Waals surface area contributed by atoms with Gasteiger partial charge < -0.3 is 10.4 Å². The molecular weight excluding hydrogens is 281 g/mol. The smallest absolute Gasteiger partial charge is 0.258 e. The van der Waals surface area contributed by atoms with E-state index < -0.39 is 23.5 Å². The van der Waals surface area contributed by atoms with E-state index in [1.165, 1.54) is 12.1 Å². The summed E-state index contributed by atoms with van der Waals surface area (Å²) in [4.78, 5) is 12.0. The first-order valence-corrected chi connectivity index (χ1v) is 6.41. The maximum Gasteiger partial charge on any atom is 0.258 e. The van der Waals surface area contributed by atoms with Crippen molar-refractivity contribution >= 4 is 17.5 Å². The number of phenols is 1. The zero-order chi connectivity index (χ0) is 14.7. The Balaban J connectivity index is 2.22. The molecule has 2 aromatic rings. The molecule has 104 valence electrons. The number of amides is 1. The van der Waals surface area contributed by atoms with Gasteiger partial charge in [-0.3, -0.25) is 4.79 Å². The van der Waals surface area contributed by atoms with Crippen LogP contribution in [0.1, 0.15) is 28.9 Å². The standard InChI is InChI=1S/C15H13ClFNO2/c1-9(10-5-2-3-6-11(10)16)18-15(20)14-12(17)7-4-8-13(14)19/h2-9,19H,1H3,(H,18,20). The van der Waals surface area contributed by atoms with E-state index in [9.17, 15) is 14.3 Å². The van der Waals surface area contributed by atoms with Gasteiger partial charge in [-0.2, -0.15) is 0 Å². The predicted molar refractivity (Wildman–Crippen MR) is 75.4 cm³/mol. The highest BCUT2D eigenvalue weighted by molar-refractivity contribution is 6.31. The molecule has 1 unspecified atom stereocenters. The number of carbonyl (C=O) groups is 1. The minimum Gasteiger partial charge on any atom is -0.507 e. The van der Waals surface area contributed by atoms with Gasteiger partial charge in [0, 0.05) is 5.02 Å². The molecule has 0 saturated heterocycles. The summed E-state index contributed by atoms with van der Waals surface area (Å²) in [5.74, 6) is -1.85. The molecule has 0 heterocycles. The molecule has 2 aromatic carbocycles. The molecule has 0 aliphatic rings. The highest BCUT2D eigenvalue weighted by Crippen LogP contribution is 2.24. The molecular formula is C15H13ClFNO2. The highest BCUT2D eigenvalue weighted by atomic mass is 35.5. The van der Waals surface area contributed by atoms with Crippen LogP contribution in [0.15, 0.2) is 42.5 Å². The van der Waals surface area contributed by atoms with Crippen molar-refractivity contribution < 1.29 is 14.3 Å². The van der Waals surface area contributed by atoms with Crippen molar-refractivity contribution in [1.82, 2.24) is 5.32 Å². The van der Waals surface area contributed by atoms with Crippen LogP contribution in [-0.2, 0) is 0 Å². The van der Waals surface area contributed by atoms with Crippen LogP contribution < -0.4 is 5.32 Å². The molecule has 2 rings (SSSR count). The topological polar surface area (TPSA) is 49.3 Å². The molecule has 20 heavy (non-hydrogen) atoms. The van der Waals surface area contributed by atoms with Crippen molar-refractivity contribution in [1.29, 1.82) is 0 Å². The fourth-order valence-electron chi connectivity index (χ4n) is 1.91. The molecule has 5 heteroatoms. The van der Waals surface area contributed by atoms with Gasteiger partial charge in [0.05, 0.1) is 6.04 Å². The van der Waals surface area contributed by atoms with Gasteiger partial charge in [0.1, 0.15) is 17.1 Å². The van der Waals surface area contributed by atoms with Crippen LogP contribution >= 0.6 is 11.6 Å². The number of benzene rings is 2. The molecule has 0 fully saturated rings. The zero-order valence-electron chi connectivity index (χ0n) is 10.7. The van der Waals surface area contributed by atoms with E-state index in [-0.39, 0.29) is 5.56 Å². The lowest BCUT2D eigenvalue weighted by Gasteiger charge is -2.16. The summed E-state index contributed by atoms with van der Waals surface area (Å²) < 4.78 is 13.6. The van der Waals surface area contributed by atoms with Gasteiger partial charge in [-0.1, -0.05) is 35.9 Å². The maximum atomic E-state index is 13.6. The largest absolute Gasteiger partial charge is 0.507 e. The predicted octanol–water partition coefficient (Wildman–Crippen LogP) is 3.68. The number of rotatable bonds is 3. The Labute approximate surface area is 121 Å². The Bertz CT molecular complexity index is 625. The van der Waals surface area contributed by atoms with Gasteiger partial charge in [0.25, 0.3) is 5.91 Å². The van der Waals surface area contributed by atoms with Crippen molar-refractivity contribution in [3.63, 3.8) is 0 Å². The van der Waals surface area contributed by atoms with Gasteiger partial charge >= 0.3 is 0 Å². The number of nitrogens with one attached hydrogen (secondary N) is 1. The maximum absolute atomic E-state index is 13.6. The van der Waals surface area contributed by atoms with E-state index in [1.807, 2.05) is 0 Å².